The summed E-state index contributed by atoms with van der Waals surface area (Å²) in [7, 11) is 0. The summed E-state index contributed by atoms with van der Waals surface area (Å²) in [4.78, 5) is 4.32. The van der Waals surface area contributed by atoms with Crippen molar-refractivity contribution in [2.24, 2.45) is 26.5 Å². The highest BCUT2D eigenvalue weighted by Crippen LogP contribution is 2.27. The largest absolute Gasteiger partial charge is 0.237 e. The molecule has 0 aromatic rings. The zero-order chi connectivity index (χ0) is 11.1. The zero-order valence-electron chi connectivity index (χ0n) is 9.60. The summed E-state index contributed by atoms with van der Waals surface area (Å²) in [5, 5.41) is 10.0. The maximum absolute atomic E-state index is 4.32. The average molecular weight is 204 g/mol. The summed E-state index contributed by atoms with van der Waals surface area (Å²) in [6, 6.07) is 0. The van der Waals surface area contributed by atoms with Crippen LogP contribution in [0.25, 0.3) is 0 Å². The van der Waals surface area contributed by atoms with Gasteiger partial charge in [-0.2, -0.15) is 5.10 Å². The van der Waals surface area contributed by atoms with Gasteiger partial charge < -0.3 is 0 Å². The molecule has 2 heterocycles. The van der Waals surface area contributed by atoms with Gasteiger partial charge >= 0.3 is 0 Å². The molecule has 0 N–H and O–H groups in total. The number of nitrogens with zero attached hydrogens (tertiary/aromatic N) is 4. The second-order valence-corrected chi connectivity index (χ2v) is 4.78. The number of hydrazone groups is 2. The van der Waals surface area contributed by atoms with Gasteiger partial charge in [-0.25, -0.2) is 4.99 Å². The van der Waals surface area contributed by atoms with Gasteiger partial charge in [0.15, 0.2) is 0 Å². The van der Waals surface area contributed by atoms with Crippen molar-refractivity contribution < 1.29 is 0 Å². The topological polar surface area (TPSA) is 40.3 Å². The molecule has 2 rings (SSSR count). The molecule has 0 unspecified atom stereocenters. The highest BCUT2D eigenvalue weighted by molar-refractivity contribution is 6.06. The van der Waals surface area contributed by atoms with Gasteiger partial charge in [-0.1, -0.05) is 27.7 Å². The second-order valence-electron chi connectivity index (χ2n) is 4.78. The molecule has 0 aliphatic carbocycles. The van der Waals surface area contributed by atoms with Gasteiger partial charge in [0, 0.05) is 11.6 Å². The van der Waals surface area contributed by atoms with Crippen LogP contribution in [0.4, 0.5) is 0 Å². The summed E-state index contributed by atoms with van der Waals surface area (Å²) < 4.78 is 0. The van der Waals surface area contributed by atoms with Crippen molar-refractivity contribution in [1.29, 1.82) is 0 Å². The van der Waals surface area contributed by atoms with E-state index in [9.17, 15) is 0 Å². The number of hydrogen-bond acceptors (Lipinski definition) is 4. The number of hydrogen-bond donors (Lipinski definition) is 0. The summed E-state index contributed by atoms with van der Waals surface area (Å²) in [5.41, 5.74) is 2.05. The molecule has 2 aliphatic heterocycles. The molecule has 4 heteroatoms. The van der Waals surface area contributed by atoms with Crippen LogP contribution in [0.15, 0.2) is 27.0 Å². The molecule has 0 atom stereocenters. The van der Waals surface area contributed by atoms with Gasteiger partial charge in [0.25, 0.3) is 0 Å². The standard InChI is InChI=1S/C11H16N4/c1-8(2)10-9-5-11(3,4)6-13-15(9)14-7-12-10/h5-8H,1-4H3. The summed E-state index contributed by atoms with van der Waals surface area (Å²) >= 11 is 0. The van der Waals surface area contributed by atoms with Crippen molar-refractivity contribution in [3.05, 3.63) is 11.8 Å². The molecule has 80 valence electrons. The Kier molecular flexibility index (Phi) is 2.21. The Morgan fingerprint density at radius 2 is 2.00 bits per heavy atom. The van der Waals surface area contributed by atoms with Crippen LogP contribution < -0.4 is 0 Å². The summed E-state index contributed by atoms with van der Waals surface area (Å²) in [6.45, 7) is 8.50. The lowest BCUT2D eigenvalue weighted by Crippen LogP contribution is -2.31. The van der Waals surface area contributed by atoms with E-state index in [4.69, 9.17) is 0 Å². The van der Waals surface area contributed by atoms with Gasteiger partial charge in [-0.15, -0.1) is 10.2 Å². The molecule has 0 bridgehead atoms. The first-order valence-corrected chi connectivity index (χ1v) is 5.18. The minimum atomic E-state index is -0.0195. The third-order valence-corrected chi connectivity index (χ3v) is 2.39. The smallest absolute Gasteiger partial charge is 0.138 e. The fourth-order valence-corrected chi connectivity index (χ4v) is 1.63. The maximum atomic E-state index is 4.32. The highest BCUT2D eigenvalue weighted by atomic mass is 15.7. The molecular formula is C11H16N4. The first-order valence-electron chi connectivity index (χ1n) is 5.18. The zero-order valence-corrected chi connectivity index (χ0v) is 9.60. The number of rotatable bonds is 1. The highest BCUT2D eigenvalue weighted by Gasteiger charge is 2.27. The van der Waals surface area contributed by atoms with E-state index in [0.29, 0.717) is 5.92 Å². The average Bonchev–Trinajstić information content (AvgIpc) is 2.15. The van der Waals surface area contributed by atoms with Crippen LogP contribution in [0.1, 0.15) is 27.7 Å². The molecule has 0 aromatic carbocycles. The number of aliphatic imine (C=N–C) groups is 1. The second kappa shape index (κ2) is 3.29. The molecular weight excluding hydrogens is 188 g/mol. The van der Waals surface area contributed by atoms with E-state index in [1.54, 1.807) is 11.5 Å². The molecule has 0 amide bonds. The van der Waals surface area contributed by atoms with Crippen molar-refractivity contribution in [1.82, 2.24) is 5.12 Å². The Morgan fingerprint density at radius 1 is 1.27 bits per heavy atom. The normalized spacial score (nSPS) is 22.6. The van der Waals surface area contributed by atoms with Crippen molar-refractivity contribution in [2.75, 3.05) is 0 Å². The van der Waals surface area contributed by atoms with Gasteiger partial charge in [-0.05, 0) is 12.0 Å². The van der Waals surface area contributed by atoms with Crippen LogP contribution in [0.3, 0.4) is 0 Å². The van der Waals surface area contributed by atoms with E-state index in [2.05, 4.69) is 49.0 Å². The van der Waals surface area contributed by atoms with Gasteiger partial charge in [0.2, 0.25) is 0 Å². The summed E-state index contributed by atoms with van der Waals surface area (Å²) in [5.74, 6) is 0.384. The Labute approximate surface area is 90.1 Å². The Morgan fingerprint density at radius 3 is 2.67 bits per heavy atom. The third-order valence-electron chi connectivity index (χ3n) is 2.39. The SMILES string of the molecule is CC(C)C1=NC=NN2N=CC(C)(C)C=C12. The van der Waals surface area contributed by atoms with Crippen LogP contribution in [0.2, 0.25) is 0 Å². The van der Waals surface area contributed by atoms with E-state index in [0.717, 1.165) is 11.4 Å². The third kappa shape index (κ3) is 1.84. The molecule has 2 aliphatic rings. The first-order chi connectivity index (χ1) is 6.99. The van der Waals surface area contributed by atoms with Crippen LogP contribution >= 0.6 is 0 Å². The Hall–Kier alpha value is -1.45. The quantitative estimate of drug-likeness (QED) is 0.645. The lowest BCUT2D eigenvalue weighted by atomic mass is 9.90. The monoisotopic (exact) mass is 204 g/mol. The van der Waals surface area contributed by atoms with E-state index < -0.39 is 0 Å². The fraction of sp³-hybridized carbons (Fsp3) is 0.545. The van der Waals surface area contributed by atoms with E-state index in [1.807, 2.05) is 6.21 Å². The van der Waals surface area contributed by atoms with Crippen molar-refractivity contribution in [3.8, 4) is 0 Å². The van der Waals surface area contributed by atoms with Crippen molar-refractivity contribution in [3.63, 3.8) is 0 Å². The van der Waals surface area contributed by atoms with E-state index >= 15 is 0 Å². The molecule has 0 saturated carbocycles. The van der Waals surface area contributed by atoms with Crippen LogP contribution in [0, 0.1) is 11.3 Å². The summed E-state index contributed by atoms with van der Waals surface area (Å²) in [6.07, 6.45) is 5.62. The van der Waals surface area contributed by atoms with Crippen molar-refractivity contribution in [2.45, 2.75) is 27.7 Å². The Bertz CT molecular complexity index is 385. The molecule has 0 aromatic heterocycles. The van der Waals surface area contributed by atoms with Crippen LogP contribution in [0.5, 0.6) is 0 Å². The van der Waals surface area contributed by atoms with Crippen LogP contribution in [-0.2, 0) is 0 Å². The molecule has 15 heavy (non-hydrogen) atoms. The molecule has 0 fully saturated rings. The van der Waals surface area contributed by atoms with Gasteiger partial charge in [-0.3, -0.25) is 0 Å². The number of allylic oxidation sites excluding steroid dienone is 2. The fourth-order valence-electron chi connectivity index (χ4n) is 1.63. The number of fused-ring (bicyclic) bond motifs is 1. The van der Waals surface area contributed by atoms with Gasteiger partial charge in [0.05, 0.1) is 5.71 Å². The van der Waals surface area contributed by atoms with E-state index in [-0.39, 0.29) is 5.41 Å². The minimum Gasteiger partial charge on any atom is -0.237 e. The molecule has 4 nitrogen and oxygen atoms in total. The van der Waals surface area contributed by atoms with E-state index in [1.165, 1.54) is 0 Å². The Balaban J connectivity index is 2.41. The predicted molar refractivity (Wildman–Crippen MR) is 63.0 cm³/mol. The maximum Gasteiger partial charge on any atom is 0.138 e. The molecule has 0 radical (unpaired) electrons. The first kappa shape index (κ1) is 10.1. The van der Waals surface area contributed by atoms with Crippen LogP contribution in [-0.4, -0.2) is 23.4 Å². The lowest BCUT2D eigenvalue weighted by Gasteiger charge is -2.30. The van der Waals surface area contributed by atoms with Gasteiger partial charge in [0.1, 0.15) is 12.0 Å². The lowest BCUT2D eigenvalue weighted by molar-refractivity contribution is 0.379. The molecule has 0 saturated heterocycles. The predicted octanol–water partition coefficient (Wildman–Crippen LogP) is 2.25. The minimum absolute atomic E-state index is 0.0195. The van der Waals surface area contributed by atoms with Crippen molar-refractivity contribution >= 4 is 18.3 Å². The molecule has 0 spiro atoms.